The summed E-state index contributed by atoms with van der Waals surface area (Å²) < 4.78 is 33.6. The summed E-state index contributed by atoms with van der Waals surface area (Å²) in [5.41, 5.74) is 0.320. The number of benzene rings is 3. The number of aromatic nitrogens is 1. The van der Waals surface area contributed by atoms with Crippen LogP contribution < -0.4 is 15.5 Å². The number of hydrogen-bond acceptors (Lipinski definition) is 5. The van der Waals surface area contributed by atoms with Crippen molar-refractivity contribution in [3.63, 3.8) is 0 Å². The van der Waals surface area contributed by atoms with Gasteiger partial charge in [0.1, 0.15) is 17.2 Å². The topological polar surface area (TPSA) is 94.5 Å². The van der Waals surface area contributed by atoms with Crippen LogP contribution in [0.1, 0.15) is 6.92 Å². The highest BCUT2D eigenvalue weighted by Crippen LogP contribution is 2.24. The highest BCUT2D eigenvalue weighted by atomic mass is 35.5. The third-order valence-corrected chi connectivity index (χ3v) is 7.11. The van der Waals surface area contributed by atoms with Gasteiger partial charge in [-0.3, -0.25) is 9.59 Å². The summed E-state index contributed by atoms with van der Waals surface area (Å²) in [6, 6.07) is 19.1. The highest BCUT2D eigenvalue weighted by Gasteiger charge is 2.24. The lowest BCUT2D eigenvalue weighted by Gasteiger charge is -2.14. The molecular weight excluding hydrogens is 476 g/mol. The Morgan fingerprint density at radius 1 is 1.03 bits per heavy atom. The number of sulfone groups is 1. The van der Waals surface area contributed by atoms with Crippen LogP contribution in [0.15, 0.2) is 93.6 Å². The van der Waals surface area contributed by atoms with Crippen molar-refractivity contribution in [3.8, 4) is 5.75 Å². The number of nitrogens with zero attached hydrogens (tertiary/aromatic N) is 1. The molecule has 0 atom stereocenters. The number of rotatable bonds is 7. The van der Waals surface area contributed by atoms with Gasteiger partial charge in [0.15, 0.2) is 0 Å². The number of fused-ring (bicyclic) bond motifs is 1. The first kappa shape index (κ1) is 23.5. The Kier molecular flexibility index (Phi) is 6.72. The van der Waals surface area contributed by atoms with Crippen LogP contribution in [0.2, 0.25) is 5.02 Å². The Balaban J connectivity index is 1.76. The maximum absolute atomic E-state index is 13.4. The van der Waals surface area contributed by atoms with Gasteiger partial charge in [-0.05, 0) is 61.5 Å². The normalized spacial score (nSPS) is 11.4. The van der Waals surface area contributed by atoms with E-state index in [4.69, 9.17) is 16.3 Å². The largest absolute Gasteiger partial charge is 0.494 e. The molecule has 0 saturated carbocycles. The fourth-order valence-electron chi connectivity index (χ4n) is 3.57. The predicted octanol–water partition coefficient (Wildman–Crippen LogP) is 4.53. The molecule has 0 bridgehead atoms. The second-order valence-electron chi connectivity index (χ2n) is 7.43. The molecule has 174 valence electrons. The van der Waals surface area contributed by atoms with Crippen molar-refractivity contribution in [2.24, 2.45) is 0 Å². The number of anilines is 1. The van der Waals surface area contributed by atoms with E-state index < -0.39 is 26.1 Å². The Bertz CT molecular complexity index is 1530. The molecular formula is C25H21ClN2O5S. The lowest BCUT2D eigenvalue weighted by atomic mass is 10.2. The van der Waals surface area contributed by atoms with Crippen molar-refractivity contribution < 1.29 is 17.9 Å². The molecule has 0 spiro atoms. The van der Waals surface area contributed by atoms with Crippen LogP contribution in [0.5, 0.6) is 5.75 Å². The van der Waals surface area contributed by atoms with Crippen molar-refractivity contribution in [2.45, 2.75) is 23.3 Å². The first-order valence-electron chi connectivity index (χ1n) is 10.4. The summed E-state index contributed by atoms with van der Waals surface area (Å²) in [6.07, 6.45) is 1.22. The van der Waals surface area contributed by atoms with Crippen molar-refractivity contribution in [2.75, 3.05) is 11.9 Å². The molecule has 0 aliphatic carbocycles. The molecule has 1 heterocycles. The maximum Gasteiger partial charge on any atom is 0.244 e. The number of carbonyl (C=O) groups is 1. The predicted molar refractivity (Wildman–Crippen MR) is 131 cm³/mol. The van der Waals surface area contributed by atoms with Crippen molar-refractivity contribution in [1.82, 2.24) is 4.57 Å². The SMILES string of the molecule is CCOc1ccc(S(=O)(=O)c2cn(CC(=O)Nc3cccc(Cl)c3)c3ccccc3c2=O)cc1. The van der Waals surface area contributed by atoms with Gasteiger partial charge in [-0.25, -0.2) is 8.42 Å². The van der Waals surface area contributed by atoms with Gasteiger partial charge in [0.2, 0.25) is 21.2 Å². The molecule has 3 aromatic carbocycles. The average Bonchev–Trinajstić information content (AvgIpc) is 2.81. The molecule has 0 saturated heterocycles. The molecule has 0 fully saturated rings. The van der Waals surface area contributed by atoms with Gasteiger partial charge in [-0.2, -0.15) is 0 Å². The van der Waals surface area contributed by atoms with E-state index in [1.165, 1.54) is 35.0 Å². The van der Waals surface area contributed by atoms with E-state index in [1.54, 1.807) is 48.5 Å². The number of amides is 1. The van der Waals surface area contributed by atoms with Crippen molar-refractivity contribution in [3.05, 3.63) is 94.2 Å². The van der Waals surface area contributed by atoms with Crippen molar-refractivity contribution >= 4 is 43.9 Å². The van der Waals surface area contributed by atoms with E-state index in [0.717, 1.165) is 0 Å². The minimum absolute atomic E-state index is 0.0433. The fourth-order valence-corrected chi connectivity index (χ4v) is 5.13. The Labute approximate surface area is 201 Å². The van der Waals surface area contributed by atoms with Gasteiger partial charge < -0.3 is 14.6 Å². The number of carbonyl (C=O) groups excluding carboxylic acids is 1. The summed E-state index contributed by atoms with van der Waals surface area (Å²) in [4.78, 5) is 25.4. The van der Waals surface area contributed by atoms with Gasteiger partial charge >= 0.3 is 0 Å². The highest BCUT2D eigenvalue weighted by molar-refractivity contribution is 7.91. The van der Waals surface area contributed by atoms with Crippen LogP contribution in [0.25, 0.3) is 10.9 Å². The van der Waals surface area contributed by atoms with Crippen LogP contribution in [0.3, 0.4) is 0 Å². The lowest BCUT2D eigenvalue weighted by molar-refractivity contribution is -0.116. The van der Waals surface area contributed by atoms with E-state index in [1.807, 2.05) is 6.92 Å². The van der Waals surface area contributed by atoms with Gasteiger partial charge in [0.05, 0.1) is 17.0 Å². The lowest BCUT2D eigenvalue weighted by Crippen LogP contribution is -2.23. The molecule has 34 heavy (non-hydrogen) atoms. The summed E-state index contributed by atoms with van der Waals surface area (Å²) >= 11 is 5.97. The van der Waals surface area contributed by atoms with Crippen molar-refractivity contribution in [1.29, 1.82) is 0 Å². The second-order valence-corrected chi connectivity index (χ2v) is 9.79. The number of nitrogens with one attached hydrogen (secondary N) is 1. The Morgan fingerprint density at radius 2 is 1.76 bits per heavy atom. The molecule has 1 N–H and O–H groups in total. The third-order valence-electron chi connectivity index (χ3n) is 5.11. The molecule has 1 amide bonds. The molecule has 0 aliphatic rings. The van der Waals surface area contributed by atoms with Gasteiger partial charge in [-0.1, -0.05) is 29.8 Å². The van der Waals surface area contributed by atoms with E-state index in [-0.39, 0.29) is 16.8 Å². The van der Waals surface area contributed by atoms with E-state index in [0.29, 0.717) is 28.6 Å². The summed E-state index contributed by atoms with van der Waals surface area (Å²) in [5, 5.41) is 3.40. The quantitative estimate of drug-likeness (QED) is 0.406. The number of halogens is 1. The van der Waals surface area contributed by atoms with Crippen LogP contribution in [-0.2, 0) is 21.2 Å². The maximum atomic E-state index is 13.4. The standard InChI is InChI=1S/C25H21ClN2O5S/c1-2-33-19-10-12-20(13-11-19)34(31,32)23-15-28(22-9-4-3-8-21(22)25(23)30)16-24(29)27-18-7-5-6-17(26)14-18/h3-15H,2,16H2,1H3,(H,27,29). The number of pyridine rings is 1. The first-order chi connectivity index (χ1) is 16.3. The third kappa shape index (κ3) is 4.83. The van der Waals surface area contributed by atoms with Crippen LogP contribution >= 0.6 is 11.6 Å². The molecule has 0 unspecified atom stereocenters. The second kappa shape index (κ2) is 9.70. The number of hydrogen-bond donors (Lipinski definition) is 1. The molecule has 1 aromatic heterocycles. The average molecular weight is 497 g/mol. The zero-order valence-electron chi connectivity index (χ0n) is 18.2. The summed E-state index contributed by atoms with van der Waals surface area (Å²) in [6.45, 7) is 2.06. The molecule has 4 rings (SSSR count). The number of ether oxygens (including phenoxy) is 1. The van der Waals surface area contributed by atoms with E-state index in [9.17, 15) is 18.0 Å². The van der Waals surface area contributed by atoms with Crippen LogP contribution in [0, 0.1) is 0 Å². The molecule has 7 nitrogen and oxygen atoms in total. The zero-order valence-corrected chi connectivity index (χ0v) is 19.8. The van der Waals surface area contributed by atoms with Crippen LogP contribution in [-0.4, -0.2) is 25.5 Å². The van der Waals surface area contributed by atoms with Gasteiger partial charge in [0, 0.05) is 22.3 Å². The van der Waals surface area contributed by atoms with Gasteiger partial charge in [0.25, 0.3) is 0 Å². The summed E-state index contributed by atoms with van der Waals surface area (Å²) in [5.74, 6) is 0.121. The Morgan fingerprint density at radius 3 is 2.47 bits per heavy atom. The Hall–Kier alpha value is -3.62. The number of para-hydroxylation sites is 1. The minimum Gasteiger partial charge on any atom is -0.494 e. The first-order valence-corrected chi connectivity index (χ1v) is 12.3. The smallest absolute Gasteiger partial charge is 0.244 e. The molecule has 0 aliphatic heterocycles. The van der Waals surface area contributed by atoms with E-state index in [2.05, 4.69) is 5.32 Å². The molecule has 4 aromatic rings. The minimum atomic E-state index is -4.15. The molecule has 9 heteroatoms. The molecule has 0 radical (unpaired) electrons. The zero-order chi connectivity index (χ0) is 24.3. The fraction of sp³-hybridized carbons (Fsp3) is 0.120. The van der Waals surface area contributed by atoms with E-state index >= 15 is 0 Å². The summed E-state index contributed by atoms with van der Waals surface area (Å²) in [7, 11) is -4.15. The van der Waals surface area contributed by atoms with Gasteiger partial charge in [-0.15, -0.1) is 0 Å². The monoisotopic (exact) mass is 496 g/mol. The van der Waals surface area contributed by atoms with Crippen LogP contribution in [0.4, 0.5) is 5.69 Å².